The summed E-state index contributed by atoms with van der Waals surface area (Å²) in [5.41, 5.74) is 1.31. The summed E-state index contributed by atoms with van der Waals surface area (Å²) in [6.45, 7) is 5.12. The van der Waals surface area contributed by atoms with Crippen LogP contribution in [-0.2, 0) is 12.8 Å². The Balaban J connectivity index is 1.93. The fourth-order valence-electron chi connectivity index (χ4n) is 1.99. The van der Waals surface area contributed by atoms with Gasteiger partial charge in [-0.05, 0) is 17.9 Å². The molecule has 2 rings (SSSR count). The molecule has 0 amide bonds. The lowest BCUT2D eigenvalue weighted by atomic mass is 10.1. The van der Waals surface area contributed by atoms with E-state index < -0.39 is 0 Å². The Bertz CT molecular complexity index is 541. The summed E-state index contributed by atoms with van der Waals surface area (Å²) < 4.78 is 0. The molecule has 0 radical (unpaired) electrons. The Morgan fingerprint density at radius 1 is 1.15 bits per heavy atom. The van der Waals surface area contributed by atoms with Crippen molar-refractivity contribution in [2.24, 2.45) is 5.92 Å². The summed E-state index contributed by atoms with van der Waals surface area (Å²) in [6.07, 6.45) is 1.80. The molecule has 0 unspecified atom stereocenters. The molecule has 0 spiro atoms. The van der Waals surface area contributed by atoms with Gasteiger partial charge in [0.15, 0.2) is 0 Å². The zero-order valence-corrected chi connectivity index (χ0v) is 12.7. The molecule has 0 aliphatic rings. The molecule has 20 heavy (non-hydrogen) atoms. The maximum Gasteiger partial charge on any atom is 0.134 e. The van der Waals surface area contributed by atoms with Gasteiger partial charge in [-0.25, -0.2) is 9.97 Å². The second kappa shape index (κ2) is 7.25. The average Bonchev–Trinajstić information content (AvgIpc) is 2.38. The zero-order valence-electron chi connectivity index (χ0n) is 11.9. The number of halogens is 1. The van der Waals surface area contributed by atoms with Gasteiger partial charge >= 0.3 is 0 Å². The summed E-state index contributed by atoms with van der Waals surface area (Å²) in [5, 5.41) is 3.81. The van der Waals surface area contributed by atoms with E-state index >= 15 is 0 Å². The van der Waals surface area contributed by atoms with E-state index in [2.05, 4.69) is 53.4 Å². The Kier molecular flexibility index (Phi) is 5.36. The summed E-state index contributed by atoms with van der Waals surface area (Å²) in [4.78, 5) is 8.75. The Hall–Kier alpha value is -1.61. The largest absolute Gasteiger partial charge is 0.370 e. The molecule has 0 saturated carbocycles. The van der Waals surface area contributed by atoms with Gasteiger partial charge in [-0.1, -0.05) is 55.8 Å². The van der Waals surface area contributed by atoms with E-state index in [1.54, 1.807) is 6.07 Å². The highest BCUT2D eigenvalue weighted by Crippen LogP contribution is 2.14. The van der Waals surface area contributed by atoms with E-state index in [9.17, 15) is 0 Å². The zero-order chi connectivity index (χ0) is 14.4. The number of rotatable bonds is 6. The fourth-order valence-corrected chi connectivity index (χ4v) is 2.19. The van der Waals surface area contributed by atoms with Crippen LogP contribution in [0.1, 0.15) is 25.2 Å². The highest BCUT2D eigenvalue weighted by atomic mass is 35.5. The molecule has 1 aromatic carbocycles. The molecule has 4 heteroatoms. The smallest absolute Gasteiger partial charge is 0.134 e. The molecule has 3 nitrogen and oxygen atoms in total. The van der Waals surface area contributed by atoms with Gasteiger partial charge in [-0.15, -0.1) is 0 Å². The van der Waals surface area contributed by atoms with Gasteiger partial charge in [0.05, 0.1) is 0 Å². The molecule has 2 aromatic rings. The molecule has 0 bridgehead atoms. The van der Waals surface area contributed by atoms with Gasteiger partial charge in [-0.2, -0.15) is 0 Å². The normalized spacial score (nSPS) is 10.8. The molecule has 0 atom stereocenters. The minimum Gasteiger partial charge on any atom is -0.370 e. The van der Waals surface area contributed by atoms with E-state index in [0.29, 0.717) is 11.1 Å². The van der Waals surface area contributed by atoms with Gasteiger partial charge in [0.1, 0.15) is 16.8 Å². The molecule has 1 N–H and O–H groups in total. The predicted octanol–water partition coefficient (Wildman–Crippen LogP) is 3.98. The lowest BCUT2D eigenvalue weighted by molar-refractivity contribution is 0.621. The molecular weight excluding hydrogens is 270 g/mol. The van der Waals surface area contributed by atoms with Crippen molar-refractivity contribution >= 4 is 17.4 Å². The molecular formula is C16H20ClN3. The lowest BCUT2D eigenvalue weighted by Crippen LogP contribution is -2.09. The van der Waals surface area contributed by atoms with Gasteiger partial charge in [-0.3, -0.25) is 0 Å². The minimum atomic E-state index is 0.498. The number of nitrogens with zero attached hydrogens (tertiary/aromatic N) is 2. The van der Waals surface area contributed by atoms with E-state index in [1.807, 2.05) is 6.07 Å². The van der Waals surface area contributed by atoms with Gasteiger partial charge in [0.25, 0.3) is 0 Å². The third-order valence-electron chi connectivity index (χ3n) is 2.89. The maximum atomic E-state index is 6.04. The third-order valence-corrected chi connectivity index (χ3v) is 3.09. The Morgan fingerprint density at radius 2 is 1.90 bits per heavy atom. The van der Waals surface area contributed by atoms with Crippen molar-refractivity contribution in [2.75, 3.05) is 11.9 Å². The van der Waals surface area contributed by atoms with Crippen LogP contribution >= 0.6 is 11.6 Å². The molecule has 106 valence electrons. The molecule has 0 aliphatic heterocycles. The second-order valence-corrected chi connectivity index (χ2v) is 5.64. The van der Waals surface area contributed by atoms with Crippen LogP contribution in [0, 0.1) is 5.92 Å². The van der Waals surface area contributed by atoms with E-state index in [0.717, 1.165) is 31.0 Å². The summed E-state index contributed by atoms with van der Waals surface area (Å²) >= 11 is 6.04. The highest BCUT2D eigenvalue weighted by molar-refractivity contribution is 6.29. The minimum absolute atomic E-state index is 0.498. The maximum absolute atomic E-state index is 6.04. The number of hydrogen-bond donors (Lipinski definition) is 1. The first-order valence-corrected chi connectivity index (χ1v) is 7.32. The SMILES string of the molecule is CC(C)Cc1nc(Cl)cc(NCCc2ccccc2)n1. The van der Waals surface area contributed by atoms with E-state index in [1.165, 1.54) is 5.56 Å². The fraction of sp³-hybridized carbons (Fsp3) is 0.375. The number of anilines is 1. The summed E-state index contributed by atoms with van der Waals surface area (Å²) in [5.74, 6) is 2.12. The van der Waals surface area contributed by atoms with Crippen LogP contribution in [0.4, 0.5) is 5.82 Å². The van der Waals surface area contributed by atoms with E-state index in [-0.39, 0.29) is 0 Å². The molecule has 0 fully saturated rings. The quantitative estimate of drug-likeness (QED) is 0.817. The van der Waals surface area contributed by atoms with Gasteiger partial charge in [0.2, 0.25) is 0 Å². The van der Waals surface area contributed by atoms with Crippen molar-refractivity contribution in [3.05, 3.63) is 52.9 Å². The Morgan fingerprint density at radius 3 is 2.60 bits per heavy atom. The third kappa shape index (κ3) is 4.82. The van der Waals surface area contributed by atoms with Crippen LogP contribution in [0.3, 0.4) is 0 Å². The van der Waals surface area contributed by atoms with E-state index in [4.69, 9.17) is 11.6 Å². The van der Waals surface area contributed by atoms with Crippen LogP contribution in [0.25, 0.3) is 0 Å². The van der Waals surface area contributed by atoms with Crippen molar-refractivity contribution in [3.63, 3.8) is 0 Å². The number of hydrogen-bond acceptors (Lipinski definition) is 3. The van der Waals surface area contributed by atoms with Crippen molar-refractivity contribution in [3.8, 4) is 0 Å². The summed E-state index contributed by atoms with van der Waals surface area (Å²) in [7, 11) is 0. The number of nitrogens with one attached hydrogen (secondary N) is 1. The van der Waals surface area contributed by atoms with Crippen LogP contribution in [-0.4, -0.2) is 16.5 Å². The van der Waals surface area contributed by atoms with Crippen molar-refractivity contribution < 1.29 is 0 Å². The molecule has 0 aliphatic carbocycles. The molecule has 1 heterocycles. The first kappa shape index (κ1) is 14.8. The first-order valence-electron chi connectivity index (χ1n) is 6.95. The van der Waals surface area contributed by atoms with Crippen LogP contribution in [0.2, 0.25) is 5.15 Å². The number of benzene rings is 1. The first-order chi connectivity index (χ1) is 9.63. The van der Waals surface area contributed by atoms with Crippen LogP contribution in [0.5, 0.6) is 0 Å². The molecule has 0 saturated heterocycles. The molecule has 1 aromatic heterocycles. The van der Waals surface area contributed by atoms with Crippen molar-refractivity contribution in [2.45, 2.75) is 26.7 Å². The Labute approximate surface area is 125 Å². The lowest BCUT2D eigenvalue weighted by Gasteiger charge is -2.09. The predicted molar refractivity (Wildman–Crippen MR) is 84.2 cm³/mol. The highest BCUT2D eigenvalue weighted by Gasteiger charge is 2.05. The van der Waals surface area contributed by atoms with Gasteiger partial charge in [0, 0.05) is 19.0 Å². The van der Waals surface area contributed by atoms with Crippen LogP contribution in [0.15, 0.2) is 36.4 Å². The standard InChI is InChI=1S/C16H20ClN3/c1-12(2)10-16-19-14(17)11-15(20-16)18-9-8-13-6-4-3-5-7-13/h3-7,11-12H,8-10H2,1-2H3,(H,18,19,20). The second-order valence-electron chi connectivity index (χ2n) is 5.25. The summed E-state index contributed by atoms with van der Waals surface area (Å²) in [6, 6.07) is 12.2. The van der Waals surface area contributed by atoms with Gasteiger partial charge < -0.3 is 5.32 Å². The average molecular weight is 290 g/mol. The topological polar surface area (TPSA) is 37.8 Å². The van der Waals surface area contributed by atoms with Crippen molar-refractivity contribution in [1.82, 2.24) is 9.97 Å². The van der Waals surface area contributed by atoms with Crippen LogP contribution < -0.4 is 5.32 Å². The monoisotopic (exact) mass is 289 g/mol. The van der Waals surface area contributed by atoms with Crippen molar-refractivity contribution in [1.29, 1.82) is 0 Å². The number of aromatic nitrogens is 2.